The summed E-state index contributed by atoms with van der Waals surface area (Å²) >= 11 is 6.71. The number of unbranched alkanes of at least 4 members (excludes halogenated alkanes) is 1. The van der Waals surface area contributed by atoms with Crippen molar-refractivity contribution < 1.29 is 19.5 Å². The number of hydrogen-bond acceptors (Lipinski definition) is 7. The van der Waals surface area contributed by atoms with Crippen LogP contribution < -0.4 is 26.6 Å². The number of nitrogens with two attached hydrogens (primary N) is 1. The number of piperazine rings is 1. The number of phenolic OH excluding ortho intramolecular Hbond substituents is 1. The van der Waals surface area contributed by atoms with Gasteiger partial charge in [0.15, 0.2) is 0 Å². The number of rotatable bonds is 14. The summed E-state index contributed by atoms with van der Waals surface area (Å²) in [5.74, 6) is -0.604. The monoisotopic (exact) mass is 796 g/mol. The van der Waals surface area contributed by atoms with Crippen LogP contribution in [0.4, 0.5) is 10.5 Å². The molecule has 2 aromatic heterocycles. The number of benzene rings is 2. The number of phenols is 1. The third-order valence-electron chi connectivity index (χ3n) is 8.67. The second-order valence-electron chi connectivity index (χ2n) is 12.0. The lowest BCUT2D eigenvalue weighted by Gasteiger charge is -2.37. The zero-order valence-corrected chi connectivity index (χ0v) is 30.3. The number of para-hydroxylation sites is 1. The Labute approximate surface area is 302 Å². The molecule has 7 N–H and O–H groups in total. The molecule has 2 atom stereocenters. The number of amides is 4. The zero-order valence-electron chi connectivity index (χ0n) is 27.1. The van der Waals surface area contributed by atoms with Crippen molar-refractivity contribution in [3.8, 4) is 5.75 Å². The average molecular weight is 799 g/mol. The minimum atomic E-state index is -1.01. The highest BCUT2D eigenvalue weighted by Crippen LogP contribution is 2.33. The highest BCUT2D eigenvalue weighted by Gasteiger charge is 2.31. The number of aromatic hydroxyl groups is 1. The van der Waals surface area contributed by atoms with E-state index in [9.17, 15) is 19.5 Å². The lowest BCUT2D eigenvalue weighted by Crippen LogP contribution is -2.58. The Bertz CT molecular complexity index is 1710. The highest BCUT2D eigenvalue weighted by molar-refractivity contribution is 9.11. The first-order valence-electron chi connectivity index (χ1n) is 16.4. The van der Waals surface area contributed by atoms with Crippen molar-refractivity contribution >= 4 is 66.3 Å². The Morgan fingerprint density at radius 1 is 0.959 bits per heavy atom. The first kappa shape index (κ1) is 36.1. The molecule has 1 saturated heterocycles. The van der Waals surface area contributed by atoms with E-state index in [4.69, 9.17) is 5.73 Å². The minimum absolute atomic E-state index is 0.0299. The van der Waals surface area contributed by atoms with Crippen LogP contribution in [0.2, 0.25) is 0 Å². The van der Waals surface area contributed by atoms with Crippen LogP contribution in [0.1, 0.15) is 30.4 Å². The normalized spacial score (nSPS) is 14.3. The smallest absolute Gasteiger partial charge is 0.315 e. The van der Waals surface area contributed by atoms with Crippen LogP contribution in [-0.4, -0.2) is 89.2 Å². The van der Waals surface area contributed by atoms with Crippen molar-refractivity contribution in [2.24, 2.45) is 5.73 Å². The largest absolute Gasteiger partial charge is 0.506 e. The molecule has 0 bridgehead atoms. The number of urea groups is 1. The van der Waals surface area contributed by atoms with Gasteiger partial charge in [0.25, 0.3) is 0 Å². The number of hydrogen-bond donors (Lipinski definition) is 6. The number of aromatic amines is 1. The van der Waals surface area contributed by atoms with Gasteiger partial charge in [-0.05, 0) is 106 Å². The molecule has 1 aliphatic heterocycles. The van der Waals surface area contributed by atoms with Gasteiger partial charge in [-0.1, -0.05) is 18.2 Å². The first-order valence-corrected chi connectivity index (χ1v) is 18.0. The summed E-state index contributed by atoms with van der Waals surface area (Å²) in [6, 6.07) is 13.0. The number of halogens is 2. The molecule has 260 valence electrons. The minimum Gasteiger partial charge on any atom is -0.506 e. The summed E-state index contributed by atoms with van der Waals surface area (Å²) < 4.78 is 0.889. The Morgan fingerprint density at radius 3 is 2.39 bits per heavy atom. The Balaban J connectivity index is 1.26. The topological polar surface area (TPSA) is 169 Å². The quantitative estimate of drug-likeness (QED) is 0.104. The maximum Gasteiger partial charge on any atom is 0.315 e. The van der Waals surface area contributed by atoms with Crippen LogP contribution in [-0.2, 0) is 22.4 Å². The predicted molar refractivity (Wildman–Crippen MR) is 197 cm³/mol. The van der Waals surface area contributed by atoms with Gasteiger partial charge in [-0.3, -0.25) is 14.6 Å². The van der Waals surface area contributed by atoms with Crippen molar-refractivity contribution in [3.05, 3.63) is 87.2 Å². The summed E-state index contributed by atoms with van der Waals surface area (Å²) in [6.45, 7) is 3.18. The van der Waals surface area contributed by atoms with Gasteiger partial charge in [0.05, 0.1) is 8.95 Å². The molecule has 0 spiro atoms. The van der Waals surface area contributed by atoms with Gasteiger partial charge >= 0.3 is 6.03 Å². The molecule has 0 aliphatic carbocycles. The molecule has 5 rings (SSSR count). The molecular formula is C35H42Br2N8O4. The third kappa shape index (κ3) is 9.73. The van der Waals surface area contributed by atoms with E-state index < -0.39 is 24.0 Å². The molecule has 4 amide bonds. The molecule has 49 heavy (non-hydrogen) atoms. The van der Waals surface area contributed by atoms with Gasteiger partial charge in [-0.2, -0.15) is 0 Å². The zero-order chi connectivity index (χ0) is 34.8. The predicted octanol–water partition coefficient (Wildman–Crippen LogP) is 4.21. The van der Waals surface area contributed by atoms with Crippen LogP contribution >= 0.6 is 31.9 Å². The number of anilines is 1. The van der Waals surface area contributed by atoms with E-state index in [1.54, 1.807) is 29.4 Å². The van der Waals surface area contributed by atoms with Gasteiger partial charge in [0, 0.05) is 74.3 Å². The van der Waals surface area contributed by atoms with E-state index in [1.807, 2.05) is 42.6 Å². The molecule has 4 aromatic rings. The maximum atomic E-state index is 14.0. The second-order valence-corrected chi connectivity index (χ2v) is 13.7. The van der Waals surface area contributed by atoms with E-state index in [-0.39, 0.29) is 18.1 Å². The number of nitrogens with zero attached hydrogens (tertiary/aromatic N) is 3. The number of fused-ring (bicyclic) bond motifs is 1. The van der Waals surface area contributed by atoms with Crippen molar-refractivity contribution in [1.82, 2.24) is 30.8 Å². The van der Waals surface area contributed by atoms with Crippen LogP contribution in [0.15, 0.2) is 76.1 Å². The third-order valence-corrected chi connectivity index (χ3v) is 9.88. The van der Waals surface area contributed by atoms with E-state index in [0.717, 1.165) is 22.2 Å². The van der Waals surface area contributed by atoms with Crippen molar-refractivity contribution in [1.29, 1.82) is 0 Å². The van der Waals surface area contributed by atoms with Gasteiger partial charge in [-0.15, -0.1) is 0 Å². The number of nitrogens with one attached hydrogen (secondary N) is 4. The lowest BCUT2D eigenvalue weighted by molar-refractivity contribution is -0.137. The van der Waals surface area contributed by atoms with Crippen molar-refractivity contribution in [2.45, 2.75) is 44.2 Å². The second kappa shape index (κ2) is 17.5. The van der Waals surface area contributed by atoms with E-state index in [1.165, 1.54) is 0 Å². The molecule has 2 aromatic carbocycles. The van der Waals surface area contributed by atoms with Crippen molar-refractivity contribution in [3.63, 3.8) is 0 Å². The van der Waals surface area contributed by atoms with Gasteiger partial charge in [0.1, 0.15) is 17.8 Å². The summed E-state index contributed by atoms with van der Waals surface area (Å²) in [5.41, 5.74) is 9.59. The Hall–Kier alpha value is -4.14. The number of aromatic nitrogens is 2. The SMILES string of the molecule is NCCCC[C@H](NC(=O)[C@@H](Cc1cc(Br)c(O)c(Br)c1)NC(=O)NCCc1c[nH]c2ccccc12)C(=O)N1CCN(c2ccncc2)CC1. The molecule has 0 radical (unpaired) electrons. The fourth-order valence-corrected chi connectivity index (χ4v) is 7.30. The molecule has 1 aliphatic rings. The maximum absolute atomic E-state index is 14.0. The standard InChI is InChI=1S/C35H42Br2N8O4/c36-27-19-23(20-28(37)32(27)46)21-31(43-35(49)40-14-8-24-22-41-29-6-2-1-5-26(24)29)33(47)42-30(7-3-4-11-38)34(48)45-17-15-44(16-18-45)25-9-12-39-13-10-25/h1-2,5-6,9-10,12-13,19-20,22,30-31,41,46H,3-4,7-8,11,14-18,21,38H2,(H,42,47)(H2,40,43,49)/t30-,31+/m0/s1. The highest BCUT2D eigenvalue weighted by atomic mass is 79.9. The Morgan fingerprint density at radius 2 is 1.67 bits per heavy atom. The molecule has 3 heterocycles. The fraction of sp³-hybridized carbons (Fsp3) is 0.371. The van der Waals surface area contributed by atoms with Crippen LogP contribution in [0.5, 0.6) is 5.75 Å². The number of carbonyl (C=O) groups is 3. The molecule has 0 saturated carbocycles. The van der Waals surface area contributed by atoms with Gasteiger partial charge in [0.2, 0.25) is 11.8 Å². The number of H-pyrrole nitrogens is 1. The van der Waals surface area contributed by atoms with Crippen LogP contribution in [0.3, 0.4) is 0 Å². The fourth-order valence-electron chi connectivity index (χ4n) is 6.02. The van der Waals surface area contributed by atoms with Crippen LogP contribution in [0.25, 0.3) is 10.9 Å². The Kier molecular flexibility index (Phi) is 12.9. The van der Waals surface area contributed by atoms with Crippen LogP contribution in [0, 0.1) is 0 Å². The van der Waals surface area contributed by atoms with E-state index >= 15 is 0 Å². The first-order chi connectivity index (χ1) is 23.7. The molecule has 14 heteroatoms. The molecule has 1 fully saturated rings. The summed E-state index contributed by atoms with van der Waals surface area (Å²) in [5, 5.41) is 20.0. The number of carbonyl (C=O) groups excluding carboxylic acids is 3. The molecular weight excluding hydrogens is 756 g/mol. The van der Waals surface area contributed by atoms with Gasteiger partial charge in [-0.25, -0.2) is 4.79 Å². The molecule has 0 unspecified atom stereocenters. The summed E-state index contributed by atoms with van der Waals surface area (Å²) in [4.78, 5) is 52.3. The van der Waals surface area contributed by atoms with E-state index in [2.05, 4.69) is 62.7 Å². The van der Waals surface area contributed by atoms with Crippen molar-refractivity contribution in [2.75, 3.05) is 44.2 Å². The number of pyridine rings is 1. The lowest BCUT2D eigenvalue weighted by atomic mass is 10.0. The summed E-state index contributed by atoms with van der Waals surface area (Å²) in [7, 11) is 0. The summed E-state index contributed by atoms with van der Waals surface area (Å²) in [6.07, 6.45) is 7.94. The van der Waals surface area contributed by atoms with E-state index in [0.29, 0.717) is 79.5 Å². The average Bonchev–Trinajstić information content (AvgIpc) is 3.53. The molecule has 12 nitrogen and oxygen atoms in total. The van der Waals surface area contributed by atoms with Gasteiger partial charge < -0.3 is 41.6 Å².